The third-order valence-electron chi connectivity index (χ3n) is 0.715. The van der Waals surface area contributed by atoms with Crippen LogP contribution in [-0.4, -0.2) is 36.5 Å². The van der Waals surface area contributed by atoms with Crippen molar-refractivity contribution in [3.8, 4) is 0 Å². The topological polar surface area (TPSA) is 95.5 Å². The normalized spacial score (nSPS) is 14.7. The molecule has 0 amide bonds. The molecular formula is C3H10N2O4S2. The molecule has 0 heterocycles. The van der Waals surface area contributed by atoms with E-state index in [2.05, 4.69) is 9.44 Å². The van der Waals surface area contributed by atoms with E-state index >= 15 is 0 Å². The van der Waals surface area contributed by atoms with Crippen molar-refractivity contribution < 1.29 is 17.2 Å². The third-order valence-corrected chi connectivity index (χ3v) is 1.89. The zero-order valence-corrected chi connectivity index (χ0v) is 7.54. The fourth-order valence-electron chi connectivity index (χ4n) is 0.375. The van der Waals surface area contributed by atoms with Crippen LogP contribution >= 0.6 is 0 Å². The minimum absolute atomic E-state index is 0.102. The zero-order valence-electron chi connectivity index (χ0n) is 5.90. The standard InChI is InChI=1S/C3H10N2O4S2/c1-11(8,9)5-3-2-4-10(6)7/h4-5H,2-3H2,1H3,(H,6,7). The molecule has 6 nitrogen and oxygen atoms in total. The summed E-state index contributed by atoms with van der Waals surface area (Å²) in [5.41, 5.74) is 0. The number of hydrogen-bond donors (Lipinski definition) is 3. The molecule has 11 heavy (non-hydrogen) atoms. The molecule has 0 saturated carbocycles. The van der Waals surface area contributed by atoms with Crippen molar-refractivity contribution in [1.29, 1.82) is 0 Å². The maximum Gasteiger partial charge on any atom is 0.231 e. The van der Waals surface area contributed by atoms with E-state index in [1.807, 2.05) is 0 Å². The van der Waals surface area contributed by atoms with Gasteiger partial charge in [-0.25, -0.2) is 22.1 Å². The van der Waals surface area contributed by atoms with E-state index in [0.29, 0.717) is 0 Å². The van der Waals surface area contributed by atoms with E-state index < -0.39 is 21.3 Å². The molecule has 0 aromatic heterocycles. The maximum atomic E-state index is 10.4. The lowest BCUT2D eigenvalue weighted by atomic mass is 10.7. The van der Waals surface area contributed by atoms with E-state index in [4.69, 9.17) is 4.55 Å². The van der Waals surface area contributed by atoms with Crippen molar-refractivity contribution in [3.63, 3.8) is 0 Å². The summed E-state index contributed by atoms with van der Waals surface area (Å²) in [4.78, 5) is 0. The summed E-state index contributed by atoms with van der Waals surface area (Å²) < 4.78 is 43.2. The zero-order chi connectivity index (χ0) is 8.91. The molecule has 0 saturated heterocycles. The van der Waals surface area contributed by atoms with Crippen molar-refractivity contribution in [3.05, 3.63) is 0 Å². The third kappa shape index (κ3) is 9.98. The van der Waals surface area contributed by atoms with E-state index in [0.717, 1.165) is 6.26 Å². The van der Waals surface area contributed by atoms with Crippen molar-refractivity contribution in [2.45, 2.75) is 0 Å². The Morgan fingerprint density at radius 3 is 2.36 bits per heavy atom. The van der Waals surface area contributed by atoms with E-state index in [1.54, 1.807) is 0 Å². The van der Waals surface area contributed by atoms with Gasteiger partial charge in [0, 0.05) is 13.1 Å². The van der Waals surface area contributed by atoms with Gasteiger partial charge >= 0.3 is 0 Å². The Morgan fingerprint density at radius 1 is 1.45 bits per heavy atom. The highest BCUT2D eigenvalue weighted by molar-refractivity contribution is 7.88. The first-order valence-corrected chi connectivity index (χ1v) is 5.70. The van der Waals surface area contributed by atoms with E-state index in [-0.39, 0.29) is 13.1 Å². The molecule has 3 N–H and O–H groups in total. The molecule has 8 heteroatoms. The van der Waals surface area contributed by atoms with Gasteiger partial charge in [-0.15, -0.1) is 0 Å². The van der Waals surface area contributed by atoms with Crippen LogP contribution < -0.4 is 9.44 Å². The van der Waals surface area contributed by atoms with Crippen molar-refractivity contribution in [1.82, 2.24) is 9.44 Å². The van der Waals surface area contributed by atoms with Gasteiger partial charge in [-0.1, -0.05) is 0 Å². The summed E-state index contributed by atoms with van der Waals surface area (Å²) in [5.74, 6) is 0. The van der Waals surface area contributed by atoms with Crippen molar-refractivity contribution in [2.24, 2.45) is 0 Å². The molecule has 0 radical (unpaired) electrons. The first-order valence-electron chi connectivity index (χ1n) is 2.71. The van der Waals surface area contributed by atoms with Crippen LogP contribution in [0.1, 0.15) is 0 Å². The first-order chi connectivity index (χ1) is 4.92. The van der Waals surface area contributed by atoms with Crippen LogP contribution in [-0.2, 0) is 21.3 Å². The molecule has 1 atom stereocenters. The second-order valence-corrected chi connectivity index (χ2v) is 4.43. The van der Waals surface area contributed by atoms with Crippen LogP contribution in [0, 0.1) is 0 Å². The average molecular weight is 202 g/mol. The van der Waals surface area contributed by atoms with Crippen molar-refractivity contribution >= 4 is 21.3 Å². The Hall–Kier alpha value is -0.0200. The summed E-state index contributed by atoms with van der Waals surface area (Å²) in [6.45, 7) is 0.224. The quantitative estimate of drug-likeness (QED) is 0.364. The lowest BCUT2D eigenvalue weighted by molar-refractivity contribution is 0.546. The summed E-state index contributed by atoms with van der Waals surface area (Å²) in [7, 11) is -3.19. The monoisotopic (exact) mass is 202 g/mol. The lowest BCUT2D eigenvalue weighted by Gasteiger charge is -2.00. The Bertz CT molecular complexity index is 223. The molecule has 0 rings (SSSR count). The van der Waals surface area contributed by atoms with Gasteiger partial charge in [-0.3, -0.25) is 4.55 Å². The smallest absolute Gasteiger partial charge is 0.231 e. The molecule has 0 aromatic rings. The molecule has 0 fully saturated rings. The van der Waals surface area contributed by atoms with E-state index in [1.165, 1.54) is 0 Å². The molecule has 0 aromatic carbocycles. The van der Waals surface area contributed by atoms with Crippen molar-refractivity contribution in [2.75, 3.05) is 19.3 Å². The SMILES string of the molecule is CS(=O)(=O)NCCNS(=O)O. The minimum Gasteiger partial charge on any atom is -0.294 e. The fourth-order valence-corrected chi connectivity index (χ4v) is 1.12. The largest absolute Gasteiger partial charge is 0.294 e. The van der Waals surface area contributed by atoms with Crippen LogP contribution in [0.2, 0.25) is 0 Å². The van der Waals surface area contributed by atoms with Gasteiger partial charge in [0.25, 0.3) is 0 Å². The highest BCUT2D eigenvalue weighted by Gasteiger charge is 1.98. The van der Waals surface area contributed by atoms with Gasteiger partial charge < -0.3 is 0 Å². The van der Waals surface area contributed by atoms with E-state index in [9.17, 15) is 12.6 Å². The summed E-state index contributed by atoms with van der Waals surface area (Å²) in [6.07, 6.45) is 1.02. The van der Waals surface area contributed by atoms with Gasteiger partial charge in [0.1, 0.15) is 0 Å². The first kappa shape index (κ1) is 11.0. The number of sulfonamides is 1. The van der Waals surface area contributed by atoms with Gasteiger partial charge in [-0.05, 0) is 0 Å². The second-order valence-electron chi connectivity index (χ2n) is 1.81. The van der Waals surface area contributed by atoms with Crippen LogP contribution in [0.15, 0.2) is 0 Å². The molecule has 0 aliphatic heterocycles. The number of hydrogen-bond acceptors (Lipinski definition) is 3. The van der Waals surface area contributed by atoms with Crippen LogP contribution in [0.4, 0.5) is 0 Å². The predicted molar refractivity (Wildman–Crippen MR) is 41.6 cm³/mol. The second kappa shape index (κ2) is 4.78. The van der Waals surface area contributed by atoms with Gasteiger partial charge in [0.2, 0.25) is 21.3 Å². The highest BCUT2D eigenvalue weighted by atomic mass is 32.2. The van der Waals surface area contributed by atoms with Crippen LogP contribution in [0.5, 0.6) is 0 Å². The Morgan fingerprint density at radius 2 is 2.00 bits per heavy atom. The fraction of sp³-hybridized carbons (Fsp3) is 1.00. The Labute approximate surface area is 67.8 Å². The minimum atomic E-state index is -3.19. The predicted octanol–water partition coefficient (Wildman–Crippen LogP) is -1.74. The van der Waals surface area contributed by atoms with Crippen LogP contribution in [0.25, 0.3) is 0 Å². The number of rotatable bonds is 5. The maximum absolute atomic E-state index is 10.4. The van der Waals surface area contributed by atoms with Gasteiger partial charge in [-0.2, -0.15) is 0 Å². The molecule has 0 aliphatic carbocycles. The Kier molecular flexibility index (Phi) is 4.77. The Balaban J connectivity index is 3.37. The summed E-state index contributed by atoms with van der Waals surface area (Å²) >= 11 is -2.08. The highest BCUT2D eigenvalue weighted by Crippen LogP contribution is 1.71. The molecule has 0 bridgehead atoms. The van der Waals surface area contributed by atoms with Gasteiger partial charge in [0.05, 0.1) is 6.26 Å². The molecule has 1 unspecified atom stereocenters. The van der Waals surface area contributed by atoms with Crippen LogP contribution in [0.3, 0.4) is 0 Å². The summed E-state index contributed by atoms with van der Waals surface area (Å²) in [5, 5.41) is 0. The number of nitrogens with one attached hydrogen (secondary N) is 2. The lowest BCUT2D eigenvalue weighted by Crippen LogP contribution is -2.31. The summed E-state index contributed by atoms with van der Waals surface area (Å²) in [6, 6.07) is 0. The van der Waals surface area contributed by atoms with Gasteiger partial charge in [0.15, 0.2) is 0 Å². The molecule has 0 aliphatic rings. The molecule has 0 spiro atoms. The molecule has 68 valence electrons. The molecular weight excluding hydrogens is 192 g/mol. The average Bonchev–Trinajstić information content (AvgIpc) is 1.78.